The second kappa shape index (κ2) is 10.4. The fraction of sp³-hybridized carbons (Fsp3) is 0.588. The molecule has 0 aliphatic carbocycles. The highest BCUT2D eigenvalue weighted by Gasteiger charge is 2.02. The molecule has 1 aromatic carbocycles. The van der Waals surface area contributed by atoms with Crippen LogP contribution in [-0.2, 0) is 11.3 Å². The van der Waals surface area contributed by atoms with Crippen LogP contribution in [0.25, 0.3) is 0 Å². The van der Waals surface area contributed by atoms with Gasteiger partial charge in [0, 0.05) is 18.7 Å². The van der Waals surface area contributed by atoms with E-state index in [2.05, 4.69) is 12.2 Å². The van der Waals surface area contributed by atoms with Crippen LogP contribution in [-0.4, -0.2) is 5.91 Å². The van der Waals surface area contributed by atoms with Crippen LogP contribution < -0.4 is 11.1 Å². The minimum absolute atomic E-state index is 0.110. The van der Waals surface area contributed by atoms with Gasteiger partial charge in [-0.3, -0.25) is 4.79 Å². The lowest BCUT2D eigenvalue weighted by Gasteiger charge is -2.06. The van der Waals surface area contributed by atoms with Gasteiger partial charge in [-0.1, -0.05) is 57.6 Å². The van der Waals surface area contributed by atoms with Gasteiger partial charge in [0.05, 0.1) is 0 Å². The Morgan fingerprint density at radius 1 is 1.00 bits per heavy atom. The number of rotatable bonds is 10. The van der Waals surface area contributed by atoms with Crippen molar-refractivity contribution >= 4 is 11.6 Å². The number of anilines is 1. The molecule has 112 valence electrons. The summed E-state index contributed by atoms with van der Waals surface area (Å²) in [4.78, 5) is 11.8. The van der Waals surface area contributed by atoms with Gasteiger partial charge in [0.1, 0.15) is 0 Å². The predicted molar refractivity (Wildman–Crippen MR) is 85.6 cm³/mol. The van der Waals surface area contributed by atoms with Crippen LogP contribution in [0.4, 0.5) is 5.69 Å². The molecule has 0 saturated carbocycles. The number of carbonyl (C=O) groups is 1. The van der Waals surface area contributed by atoms with E-state index in [1.165, 1.54) is 32.1 Å². The molecule has 0 aliphatic heterocycles. The van der Waals surface area contributed by atoms with Crippen LogP contribution >= 0.6 is 0 Å². The molecule has 3 nitrogen and oxygen atoms in total. The zero-order valence-electron chi connectivity index (χ0n) is 12.7. The number of unbranched alkanes of at least 4 members (excludes halogenated alkanes) is 6. The zero-order chi connectivity index (χ0) is 14.6. The fourth-order valence-electron chi connectivity index (χ4n) is 2.19. The third-order valence-corrected chi connectivity index (χ3v) is 3.48. The summed E-state index contributed by atoms with van der Waals surface area (Å²) in [5, 5.41) is 2.92. The van der Waals surface area contributed by atoms with Crippen molar-refractivity contribution in [3.05, 3.63) is 29.8 Å². The molecule has 3 N–H and O–H groups in total. The molecule has 0 unspecified atom stereocenters. The standard InChI is InChI=1S/C17H28N2O/c1-2-3-4-5-6-7-8-9-17(20)19-16-12-10-15(14-18)11-13-16/h10-13H,2-9,14,18H2,1H3,(H,19,20). The second-order valence-electron chi connectivity index (χ2n) is 5.32. The van der Waals surface area contributed by atoms with Crippen LogP contribution in [0.2, 0.25) is 0 Å². The molecule has 0 aromatic heterocycles. The van der Waals surface area contributed by atoms with Gasteiger partial charge in [0.25, 0.3) is 0 Å². The van der Waals surface area contributed by atoms with E-state index in [0.717, 1.165) is 24.1 Å². The van der Waals surface area contributed by atoms with Gasteiger partial charge in [-0.25, -0.2) is 0 Å². The van der Waals surface area contributed by atoms with E-state index in [9.17, 15) is 4.79 Å². The van der Waals surface area contributed by atoms with Crippen LogP contribution in [0.5, 0.6) is 0 Å². The van der Waals surface area contributed by atoms with Crippen molar-refractivity contribution in [3.8, 4) is 0 Å². The van der Waals surface area contributed by atoms with E-state index in [0.29, 0.717) is 13.0 Å². The summed E-state index contributed by atoms with van der Waals surface area (Å²) in [6.45, 7) is 2.76. The van der Waals surface area contributed by atoms with Gasteiger partial charge in [-0.15, -0.1) is 0 Å². The molecule has 1 amide bonds. The van der Waals surface area contributed by atoms with E-state index in [4.69, 9.17) is 5.73 Å². The topological polar surface area (TPSA) is 55.1 Å². The molecule has 0 bridgehead atoms. The number of hydrogen-bond acceptors (Lipinski definition) is 2. The third kappa shape index (κ3) is 7.29. The summed E-state index contributed by atoms with van der Waals surface area (Å²) < 4.78 is 0. The number of nitrogens with two attached hydrogens (primary N) is 1. The maximum Gasteiger partial charge on any atom is 0.224 e. The smallest absolute Gasteiger partial charge is 0.224 e. The maximum absolute atomic E-state index is 11.8. The van der Waals surface area contributed by atoms with Crippen LogP contribution in [0.3, 0.4) is 0 Å². The monoisotopic (exact) mass is 276 g/mol. The molecular weight excluding hydrogens is 248 g/mol. The molecule has 1 rings (SSSR count). The van der Waals surface area contributed by atoms with E-state index in [-0.39, 0.29) is 5.91 Å². The number of nitrogens with one attached hydrogen (secondary N) is 1. The van der Waals surface area contributed by atoms with Gasteiger partial charge in [0.15, 0.2) is 0 Å². The lowest BCUT2D eigenvalue weighted by Crippen LogP contribution is -2.11. The van der Waals surface area contributed by atoms with E-state index < -0.39 is 0 Å². The van der Waals surface area contributed by atoms with Crippen molar-refractivity contribution < 1.29 is 4.79 Å². The first-order chi connectivity index (χ1) is 9.76. The lowest BCUT2D eigenvalue weighted by molar-refractivity contribution is -0.116. The molecule has 0 aliphatic rings. The Balaban J connectivity index is 2.10. The summed E-state index contributed by atoms with van der Waals surface area (Å²) in [5.74, 6) is 0.110. The highest BCUT2D eigenvalue weighted by atomic mass is 16.1. The van der Waals surface area contributed by atoms with E-state index >= 15 is 0 Å². The normalized spacial score (nSPS) is 10.5. The Bertz CT molecular complexity index is 373. The van der Waals surface area contributed by atoms with Crippen molar-refractivity contribution in [2.45, 2.75) is 64.8 Å². The molecule has 0 heterocycles. The van der Waals surface area contributed by atoms with Gasteiger partial charge in [-0.05, 0) is 24.1 Å². The van der Waals surface area contributed by atoms with Crippen LogP contribution in [0.15, 0.2) is 24.3 Å². The molecule has 20 heavy (non-hydrogen) atoms. The molecule has 3 heteroatoms. The molecule has 0 radical (unpaired) electrons. The van der Waals surface area contributed by atoms with Crippen molar-refractivity contribution in [3.63, 3.8) is 0 Å². The average Bonchev–Trinajstić information content (AvgIpc) is 2.47. The summed E-state index contributed by atoms with van der Waals surface area (Å²) >= 11 is 0. The average molecular weight is 276 g/mol. The van der Waals surface area contributed by atoms with Gasteiger partial charge >= 0.3 is 0 Å². The minimum Gasteiger partial charge on any atom is -0.326 e. The molecular formula is C17H28N2O. The van der Waals surface area contributed by atoms with Crippen molar-refractivity contribution in [1.29, 1.82) is 0 Å². The first kappa shape index (κ1) is 16.7. The quantitative estimate of drug-likeness (QED) is 0.628. The summed E-state index contributed by atoms with van der Waals surface area (Å²) in [6, 6.07) is 7.71. The first-order valence-corrected chi connectivity index (χ1v) is 7.85. The maximum atomic E-state index is 11.8. The van der Waals surface area contributed by atoms with Crippen molar-refractivity contribution in [1.82, 2.24) is 0 Å². The zero-order valence-corrected chi connectivity index (χ0v) is 12.7. The SMILES string of the molecule is CCCCCCCCCC(=O)Nc1ccc(CN)cc1. The van der Waals surface area contributed by atoms with Gasteiger partial charge < -0.3 is 11.1 Å². The van der Waals surface area contributed by atoms with Crippen LogP contribution in [0.1, 0.15) is 63.9 Å². The third-order valence-electron chi connectivity index (χ3n) is 3.48. The highest BCUT2D eigenvalue weighted by Crippen LogP contribution is 2.11. The molecule has 1 aromatic rings. The minimum atomic E-state index is 0.110. The second-order valence-corrected chi connectivity index (χ2v) is 5.32. The molecule has 0 atom stereocenters. The number of hydrogen-bond donors (Lipinski definition) is 2. The van der Waals surface area contributed by atoms with E-state index in [1.54, 1.807) is 0 Å². The number of benzene rings is 1. The molecule has 0 saturated heterocycles. The van der Waals surface area contributed by atoms with Gasteiger partial charge in [-0.2, -0.15) is 0 Å². The molecule has 0 spiro atoms. The molecule has 0 fully saturated rings. The van der Waals surface area contributed by atoms with Crippen molar-refractivity contribution in [2.24, 2.45) is 5.73 Å². The lowest BCUT2D eigenvalue weighted by atomic mass is 10.1. The Morgan fingerprint density at radius 2 is 1.60 bits per heavy atom. The fourth-order valence-corrected chi connectivity index (χ4v) is 2.19. The predicted octanol–water partition coefficient (Wildman–Crippen LogP) is 4.22. The van der Waals surface area contributed by atoms with Gasteiger partial charge in [0.2, 0.25) is 5.91 Å². The Labute approximate surface area is 122 Å². The Morgan fingerprint density at radius 3 is 2.20 bits per heavy atom. The Kier molecular flexibility index (Phi) is 8.72. The van der Waals surface area contributed by atoms with E-state index in [1.807, 2.05) is 24.3 Å². The number of carbonyl (C=O) groups excluding carboxylic acids is 1. The van der Waals surface area contributed by atoms with Crippen LogP contribution in [0, 0.1) is 0 Å². The summed E-state index contributed by atoms with van der Waals surface area (Å²) in [5.41, 5.74) is 7.47. The number of amides is 1. The highest BCUT2D eigenvalue weighted by molar-refractivity contribution is 5.90. The summed E-state index contributed by atoms with van der Waals surface area (Å²) in [6.07, 6.45) is 9.25. The van der Waals surface area contributed by atoms with Crippen molar-refractivity contribution in [2.75, 3.05) is 5.32 Å². The summed E-state index contributed by atoms with van der Waals surface area (Å²) in [7, 11) is 0. The first-order valence-electron chi connectivity index (χ1n) is 7.85. The largest absolute Gasteiger partial charge is 0.326 e. The Hall–Kier alpha value is -1.35.